The van der Waals surface area contributed by atoms with Gasteiger partial charge in [0.15, 0.2) is 0 Å². The van der Waals surface area contributed by atoms with Crippen molar-refractivity contribution in [2.75, 3.05) is 20.2 Å². The van der Waals surface area contributed by atoms with E-state index in [2.05, 4.69) is 5.32 Å². The second kappa shape index (κ2) is 3.12. The van der Waals surface area contributed by atoms with Gasteiger partial charge < -0.3 is 14.8 Å². The molecule has 1 atom stereocenters. The summed E-state index contributed by atoms with van der Waals surface area (Å²) in [6, 6.07) is 0. The zero-order chi connectivity index (χ0) is 7.45. The lowest BCUT2D eigenvalue weighted by Gasteiger charge is -2.23. The first-order valence-corrected chi connectivity index (χ1v) is 3.52. The number of aldehydes is 1. The molecule has 3 nitrogen and oxygen atoms in total. The van der Waals surface area contributed by atoms with Gasteiger partial charge in [0.05, 0.1) is 5.60 Å². The monoisotopic (exact) mass is 143 g/mol. The second-order valence-corrected chi connectivity index (χ2v) is 2.68. The topological polar surface area (TPSA) is 38.3 Å². The summed E-state index contributed by atoms with van der Waals surface area (Å²) in [6.07, 6.45) is 2.38. The molecule has 1 rings (SSSR count). The van der Waals surface area contributed by atoms with Crippen LogP contribution in [-0.4, -0.2) is 32.1 Å². The van der Waals surface area contributed by atoms with Crippen LogP contribution < -0.4 is 5.32 Å². The molecular weight excluding hydrogens is 130 g/mol. The number of rotatable bonds is 3. The van der Waals surface area contributed by atoms with Crippen molar-refractivity contribution in [3.05, 3.63) is 0 Å². The fourth-order valence-corrected chi connectivity index (χ4v) is 1.30. The van der Waals surface area contributed by atoms with Gasteiger partial charge in [-0.2, -0.15) is 0 Å². The largest absolute Gasteiger partial charge is 0.376 e. The summed E-state index contributed by atoms with van der Waals surface area (Å²) in [7, 11) is 1.66. The van der Waals surface area contributed by atoms with Crippen LogP contribution in [0, 0.1) is 0 Å². The lowest BCUT2D eigenvalue weighted by atomic mass is 10.00. The maximum atomic E-state index is 10.2. The number of hydrogen-bond donors (Lipinski definition) is 1. The van der Waals surface area contributed by atoms with Gasteiger partial charge >= 0.3 is 0 Å². The Morgan fingerprint density at radius 1 is 1.80 bits per heavy atom. The molecule has 0 aliphatic carbocycles. The fourth-order valence-electron chi connectivity index (χ4n) is 1.30. The third-order valence-corrected chi connectivity index (χ3v) is 2.09. The highest BCUT2D eigenvalue weighted by atomic mass is 16.5. The molecule has 1 aliphatic heterocycles. The standard InChI is InChI=1S/C7H13NO2/c1-10-7(3-5-9)2-4-8-6-7/h5,8H,2-4,6H2,1H3. The maximum Gasteiger partial charge on any atom is 0.122 e. The molecule has 1 unspecified atom stereocenters. The van der Waals surface area contributed by atoms with Crippen LogP contribution in [0.15, 0.2) is 0 Å². The van der Waals surface area contributed by atoms with E-state index in [4.69, 9.17) is 4.74 Å². The molecule has 0 bridgehead atoms. The first-order chi connectivity index (χ1) is 4.83. The number of carbonyl (C=O) groups excluding carboxylic acids is 1. The quantitative estimate of drug-likeness (QED) is 0.563. The lowest BCUT2D eigenvalue weighted by Crippen LogP contribution is -2.34. The molecule has 0 aromatic carbocycles. The molecular formula is C7H13NO2. The van der Waals surface area contributed by atoms with Gasteiger partial charge in [0.25, 0.3) is 0 Å². The highest BCUT2D eigenvalue weighted by molar-refractivity contribution is 5.51. The van der Waals surface area contributed by atoms with Crippen LogP contribution in [0.25, 0.3) is 0 Å². The minimum atomic E-state index is -0.193. The number of nitrogens with one attached hydrogen (secondary N) is 1. The highest BCUT2D eigenvalue weighted by Gasteiger charge is 2.32. The Hall–Kier alpha value is -0.410. The van der Waals surface area contributed by atoms with E-state index < -0.39 is 0 Å². The van der Waals surface area contributed by atoms with Crippen LogP contribution in [0.5, 0.6) is 0 Å². The zero-order valence-corrected chi connectivity index (χ0v) is 6.22. The molecule has 1 N–H and O–H groups in total. The van der Waals surface area contributed by atoms with Gasteiger partial charge in [0.1, 0.15) is 6.29 Å². The number of ether oxygens (including phenoxy) is 1. The predicted molar refractivity (Wildman–Crippen MR) is 37.9 cm³/mol. The Bertz CT molecular complexity index is 119. The van der Waals surface area contributed by atoms with Crippen LogP contribution >= 0.6 is 0 Å². The van der Waals surface area contributed by atoms with Crippen LogP contribution in [0.4, 0.5) is 0 Å². The summed E-state index contributed by atoms with van der Waals surface area (Å²) in [4.78, 5) is 10.2. The van der Waals surface area contributed by atoms with E-state index in [1.807, 2.05) is 0 Å². The summed E-state index contributed by atoms with van der Waals surface area (Å²) in [5, 5.41) is 3.16. The Labute approximate surface area is 60.7 Å². The fraction of sp³-hybridized carbons (Fsp3) is 0.857. The minimum absolute atomic E-state index is 0.193. The first kappa shape index (κ1) is 7.69. The molecule has 1 heterocycles. The molecule has 1 aliphatic rings. The Morgan fingerprint density at radius 2 is 2.60 bits per heavy atom. The molecule has 10 heavy (non-hydrogen) atoms. The van der Waals surface area contributed by atoms with Crippen LogP contribution in [0.2, 0.25) is 0 Å². The molecule has 1 saturated heterocycles. The van der Waals surface area contributed by atoms with Crippen LogP contribution in [0.3, 0.4) is 0 Å². The first-order valence-electron chi connectivity index (χ1n) is 3.52. The van der Waals surface area contributed by atoms with Crippen molar-refractivity contribution in [3.8, 4) is 0 Å². The van der Waals surface area contributed by atoms with Gasteiger partial charge in [0, 0.05) is 20.1 Å². The molecule has 0 radical (unpaired) electrons. The molecule has 0 spiro atoms. The molecule has 0 aromatic rings. The summed E-state index contributed by atoms with van der Waals surface area (Å²) in [5.74, 6) is 0. The number of methoxy groups -OCH3 is 1. The van der Waals surface area contributed by atoms with Crippen molar-refractivity contribution in [2.24, 2.45) is 0 Å². The summed E-state index contributed by atoms with van der Waals surface area (Å²) >= 11 is 0. The van der Waals surface area contributed by atoms with Crippen LogP contribution in [-0.2, 0) is 9.53 Å². The summed E-state index contributed by atoms with van der Waals surface area (Å²) < 4.78 is 5.25. The smallest absolute Gasteiger partial charge is 0.122 e. The Kier molecular flexibility index (Phi) is 2.40. The summed E-state index contributed by atoms with van der Waals surface area (Å²) in [6.45, 7) is 1.77. The SMILES string of the molecule is COC1(CC=O)CCNC1. The Morgan fingerprint density at radius 3 is 3.00 bits per heavy atom. The van der Waals surface area contributed by atoms with Gasteiger partial charge in [-0.1, -0.05) is 0 Å². The molecule has 0 amide bonds. The van der Waals surface area contributed by atoms with Crippen molar-refractivity contribution < 1.29 is 9.53 Å². The van der Waals surface area contributed by atoms with E-state index in [1.54, 1.807) is 7.11 Å². The van der Waals surface area contributed by atoms with E-state index in [9.17, 15) is 4.79 Å². The van der Waals surface area contributed by atoms with Gasteiger partial charge in [-0.3, -0.25) is 0 Å². The average molecular weight is 143 g/mol. The van der Waals surface area contributed by atoms with Gasteiger partial charge in [-0.15, -0.1) is 0 Å². The van der Waals surface area contributed by atoms with Crippen molar-refractivity contribution >= 4 is 6.29 Å². The number of hydrogen-bond acceptors (Lipinski definition) is 3. The minimum Gasteiger partial charge on any atom is -0.376 e. The third-order valence-electron chi connectivity index (χ3n) is 2.09. The maximum absolute atomic E-state index is 10.2. The number of carbonyl (C=O) groups is 1. The van der Waals surface area contributed by atoms with E-state index in [1.165, 1.54) is 0 Å². The molecule has 58 valence electrons. The normalized spacial score (nSPS) is 32.5. The van der Waals surface area contributed by atoms with Crippen LogP contribution in [0.1, 0.15) is 12.8 Å². The van der Waals surface area contributed by atoms with E-state index in [-0.39, 0.29) is 5.60 Å². The van der Waals surface area contributed by atoms with Crippen molar-refractivity contribution in [3.63, 3.8) is 0 Å². The highest BCUT2D eigenvalue weighted by Crippen LogP contribution is 2.21. The molecule has 0 saturated carbocycles. The molecule has 0 aromatic heterocycles. The van der Waals surface area contributed by atoms with E-state index in [0.717, 1.165) is 25.8 Å². The second-order valence-electron chi connectivity index (χ2n) is 2.68. The lowest BCUT2D eigenvalue weighted by molar-refractivity contribution is -0.113. The van der Waals surface area contributed by atoms with Crippen molar-refractivity contribution in [2.45, 2.75) is 18.4 Å². The predicted octanol–water partition coefficient (Wildman–Crippen LogP) is -0.0461. The average Bonchev–Trinajstić information content (AvgIpc) is 2.39. The van der Waals surface area contributed by atoms with Crippen molar-refractivity contribution in [1.82, 2.24) is 5.32 Å². The summed E-state index contributed by atoms with van der Waals surface area (Å²) in [5.41, 5.74) is -0.193. The molecule has 3 heteroatoms. The van der Waals surface area contributed by atoms with Gasteiger partial charge in [-0.25, -0.2) is 0 Å². The zero-order valence-electron chi connectivity index (χ0n) is 6.22. The third kappa shape index (κ3) is 1.36. The van der Waals surface area contributed by atoms with E-state index >= 15 is 0 Å². The molecule has 1 fully saturated rings. The van der Waals surface area contributed by atoms with E-state index in [0.29, 0.717) is 6.42 Å². The van der Waals surface area contributed by atoms with Gasteiger partial charge in [-0.05, 0) is 13.0 Å². The Balaban J connectivity index is 2.48. The van der Waals surface area contributed by atoms with Crippen molar-refractivity contribution in [1.29, 1.82) is 0 Å². The van der Waals surface area contributed by atoms with Gasteiger partial charge in [0.2, 0.25) is 0 Å².